The van der Waals surface area contributed by atoms with Gasteiger partial charge in [-0.05, 0) is 48.0 Å². The lowest BCUT2D eigenvalue weighted by molar-refractivity contribution is 0.0955. The van der Waals surface area contributed by atoms with Crippen molar-refractivity contribution in [2.24, 2.45) is 5.10 Å². The van der Waals surface area contributed by atoms with E-state index >= 15 is 0 Å². The van der Waals surface area contributed by atoms with E-state index in [4.69, 9.17) is 27.9 Å². The number of pyridine rings is 1. The van der Waals surface area contributed by atoms with E-state index in [1.54, 1.807) is 36.4 Å². The number of benzene rings is 2. The second kappa shape index (κ2) is 9.16. The zero-order valence-electron chi connectivity index (χ0n) is 14.1. The first kappa shape index (κ1) is 18.9. The van der Waals surface area contributed by atoms with Crippen molar-refractivity contribution in [2.45, 2.75) is 6.61 Å². The lowest BCUT2D eigenvalue weighted by Gasteiger charge is -2.10. The molecule has 1 N–H and O–H groups in total. The minimum atomic E-state index is -0.336. The predicted molar refractivity (Wildman–Crippen MR) is 107 cm³/mol. The van der Waals surface area contributed by atoms with Gasteiger partial charge in [0.1, 0.15) is 12.4 Å². The molecular formula is C20H15Cl2N3O2. The van der Waals surface area contributed by atoms with Crippen LogP contribution in [-0.2, 0) is 6.61 Å². The maximum atomic E-state index is 12.0. The minimum absolute atomic E-state index is 0.336. The predicted octanol–water partition coefficient (Wildman–Crippen LogP) is 4.73. The molecule has 1 amide bonds. The van der Waals surface area contributed by atoms with Gasteiger partial charge in [0.25, 0.3) is 5.91 Å². The number of nitrogens with one attached hydrogen (secondary N) is 1. The van der Waals surface area contributed by atoms with Gasteiger partial charge >= 0.3 is 0 Å². The summed E-state index contributed by atoms with van der Waals surface area (Å²) in [5.41, 5.74) is 4.50. The van der Waals surface area contributed by atoms with Crippen LogP contribution in [0, 0.1) is 0 Å². The molecule has 0 aliphatic rings. The maximum absolute atomic E-state index is 12.0. The van der Waals surface area contributed by atoms with Gasteiger partial charge in [-0.25, -0.2) is 5.43 Å². The van der Waals surface area contributed by atoms with Crippen LogP contribution in [0.5, 0.6) is 5.75 Å². The largest absolute Gasteiger partial charge is 0.488 e. The zero-order valence-corrected chi connectivity index (χ0v) is 15.6. The first-order valence-corrected chi connectivity index (χ1v) is 8.77. The first-order valence-electron chi connectivity index (χ1n) is 8.02. The van der Waals surface area contributed by atoms with E-state index in [-0.39, 0.29) is 5.91 Å². The first-order chi connectivity index (χ1) is 13.1. The average Bonchev–Trinajstić information content (AvgIpc) is 2.68. The highest BCUT2D eigenvalue weighted by Crippen LogP contribution is 2.23. The third-order valence-corrected chi connectivity index (χ3v) is 4.04. The van der Waals surface area contributed by atoms with E-state index in [1.165, 1.54) is 18.6 Å². The lowest BCUT2D eigenvalue weighted by Crippen LogP contribution is -2.17. The van der Waals surface area contributed by atoms with E-state index in [9.17, 15) is 4.79 Å². The van der Waals surface area contributed by atoms with Crippen LogP contribution in [0.15, 0.2) is 72.1 Å². The Morgan fingerprint density at radius 2 is 1.85 bits per heavy atom. The van der Waals surface area contributed by atoms with Crippen molar-refractivity contribution in [1.29, 1.82) is 0 Å². The fourth-order valence-electron chi connectivity index (χ4n) is 2.27. The van der Waals surface area contributed by atoms with E-state index in [1.807, 2.05) is 18.2 Å². The molecule has 0 fully saturated rings. The summed E-state index contributed by atoms with van der Waals surface area (Å²) in [6.07, 6.45) is 4.56. The number of hydrazone groups is 1. The van der Waals surface area contributed by atoms with E-state index in [0.29, 0.717) is 33.5 Å². The number of carbonyl (C=O) groups excluding carboxylic acids is 1. The standard InChI is InChI=1S/C20H15Cl2N3O2/c21-17-3-1-2-14(10-17)13-27-19-5-4-18(22)11-16(19)12-24-25-20(26)15-6-8-23-9-7-15/h1-12H,13H2,(H,25,26)/b24-12+. The summed E-state index contributed by atoms with van der Waals surface area (Å²) >= 11 is 12.1. The maximum Gasteiger partial charge on any atom is 0.271 e. The monoisotopic (exact) mass is 399 g/mol. The fraction of sp³-hybridized carbons (Fsp3) is 0.0500. The molecule has 0 unspecified atom stereocenters. The van der Waals surface area contributed by atoms with Crippen LogP contribution >= 0.6 is 23.2 Å². The van der Waals surface area contributed by atoms with Crippen molar-refractivity contribution in [3.8, 4) is 5.75 Å². The van der Waals surface area contributed by atoms with Gasteiger partial charge in [-0.1, -0.05) is 35.3 Å². The third-order valence-electron chi connectivity index (χ3n) is 3.57. The number of rotatable bonds is 6. The molecule has 27 heavy (non-hydrogen) atoms. The SMILES string of the molecule is O=C(N/N=C/c1cc(Cl)ccc1OCc1cccc(Cl)c1)c1ccncc1. The Balaban J connectivity index is 1.69. The molecule has 3 rings (SSSR count). The van der Waals surface area contributed by atoms with Gasteiger partial charge in [0.2, 0.25) is 0 Å². The second-order valence-corrected chi connectivity index (χ2v) is 6.41. The zero-order chi connectivity index (χ0) is 19.1. The lowest BCUT2D eigenvalue weighted by atomic mass is 10.2. The third kappa shape index (κ3) is 5.54. The molecule has 0 aliphatic heterocycles. The van der Waals surface area contributed by atoms with Gasteiger partial charge < -0.3 is 4.74 Å². The number of aromatic nitrogens is 1. The van der Waals surface area contributed by atoms with Crippen LogP contribution in [-0.4, -0.2) is 17.1 Å². The normalized spacial score (nSPS) is 10.7. The smallest absolute Gasteiger partial charge is 0.271 e. The Bertz CT molecular complexity index is 962. The number of carbonyl (C=O) groups is 1. The highest BCUT2D eigenvalue weighted by molar-refractivity contribution is 6.31. The summed E-state index contributed by atoms with van der Waals surface area (Å²) in [6, 6.07) is 15.8. The number of halogens is 2. The summed E-state index contributed by atoms with van der Waals surface area (Å²) in [4.78, 5) is 15.9. The summed E-state index contributed by atoms with van der Waals surface area (Å²) in [5, 5.41) is 5.16. The minimum Gasteiger partial charge on any atom is -0.488 e. The molecule has 2 aromatic carbocycles. The summed E-state index contributed by atoms with van der Waals surface area (Å²) in [5.74, 6) is 0.248. The van der Waals surface area contributed by atoms with Crippen molar-refractivity contribution >= 4 is 35.3 Å². The summed E-state index contributed by atoms with van der Waals surface area (Å²) in [6.45, 7) is 0.340. The molecule has 0 aliphatic carbocycles. The second-order valence-electron chi connectivity index (χ2n) is 5.54. The molecule has 5 nitrogen and oxygen atoms in total. The van der Waals surface area contributed by atoms with Gasteiger partial charge in [0.15, 0.2) is 0 Å². The topological polar surface area (TPSA) is 63.6 Å². The molecule has 0 bridgehead atoms. The Morgan fingerprint density at radius 1 is 1.07 bits per heavy atom. The van der Waals surface area contributed by atoms with Crippen LogP contribution in [0.2, 0.25) is 10.0 Å². The number of hydrogen-bond donors (Lipinski definition) is 1. The highest BCUT2D eigenvalue weighted by Gasteiger charge is 2.06. The van der Waals surface area contributed by atoms with E-state index in [2.05, 4.69) is 15.5 Å². The molecule has 0 saturated carbocycles. The quantitative estimate of drug-likeness (QED) is 0.481. The van der Waals surface area contributed by atoms with Crippen molar-refractivity contribution in [3.05, 3.63) is 93.7 Å². The van der Waals surface area contributed by atoms with Gasteiger partial charge in [-0.2, -0.15) is 5.10 Å². The van der Waals surface area contributed by atoms with Gasteiger partial charge in [-0.15, -0.1) is 0 Å². The van der Waals surface area contributed by atoms with Crippen LogP contribution in [0.1, 0.15) is 21.5 Å². The van der Waals surface area contributed by atoms with E-state index < -0.39 is 0 Å². The summed E-state index contributed by atoms with van der Waals surface area (Å²) in [7, 11) is 0. The van der Waals surface area contributed by atoms with Crippen LogP contribution < -0.4 is 10.2 Å². The van der Waals surface area contributed by atoms with Crippen LogP contribution in [0.4, 0.5) is 0 Å². The molecule has 0 saturated heterocycles. The molecule has 1 aromatic heterocycles. The van der Waals surface area contributed by atoms with Crippen molar-refractivity contribution in [2.75, 3.05) is 0 Å². The van der Waals surface area contributed by atoms with Crippen molar-refractivity contribution < 1.29 is 9.53 Å². The average molecular weight is 400 g/mol. The molecule has 0 radical (unpaired) electrons. The number of ether oxygens (including phenoxy) is 1. The number of amides is 1. The van der Waals surface area contributed by atoms with Crippen LogP contribution in [0.25, 0.3) is 0 Å². The Labute approximate surface area is 166 Å². The van der Waals surface area contributed by atoms with Crippen LogP contribution in [0.3, 0.4) is 0 Å². The molecule has 7 heteroatoms. The van der Waals surface area contributed by atoms with Gasteiger partial charge in [0.05, 0.1) is 6.21 Å². The Morgan fingerprint density at radius 3 is 2.63 bits per heavy atom. The van der Waals surface area contributed by atoms with Crippen molar-refractivity contribution in [1.82, 2.24) is 10.4 Å². The van der Waals surface area contributed by atoms with Gasteiger partial charge in [0, 0.05) is 33.6 Å². The molecule has 136 valence electrons. The fourth-order valence-corrected chi connectivity index (χ4v) is 2.66. The number of hydrogen-bond acceptors (Lipinski definition) is 4. The van der Waals surface area contributed by atoms with Gasteiger partial charge in [-0.3, -0.25) is 9.78 Å². The Kier molecular flexibility index (Phi) is 6.41. The highest BCUT2D eigenvalue weighted by atomic mass is 35.5. The van der Waals surface area contributed by atoms with E-state index in [0.717, 1.165) is 5.56 Å². The molecular weight excluding hydrogens is 385 g/mol. The molecule has 0 atom stereocenters. The Hall–Kier alpha value is -2.89. The number of nitrogens with zero attached hydrogens (tertiary/aromatic N) is 2. The molecule has 0 spiro atoms. The summed E-state index contributed by atoms with van der Waals surface area (Å²) < 4.78 is 5.85. The van der Waals surface area contributed by atoms with Crippen molar-refractivity contribution in [3.63, 3.8) is 0 Å². The molecule has 3 aromatic rings. The molecule has 1 heterocycles.